The third-order valence-electron chi connectivity index (χ3n) is 4.10. The van der Waals surface area contributed by atoms with Crippen molar-refractivity contribution in [3.05, 3.63) is 58.3 Å². The lowest BCUT2D eigenvalue weighted by Crippen LogP contribution is -2.22. The van der Waals surface area contributed by atoms with Crippen LogP contribution in [0.5, 0.6) is 0 Å². The Bertz CT molecular complexity index is 1010. The Morgan fingerprint density at radius 1 is 1.09 bits per heavy atom. The fourth-order valence-electron chi connectivity index (χ4n) is 2.95. The highest BCUT2D eigenvalue weighted by atomic mass is 79.9. The molecular weight excluding hydrogens is 378 g/mol. The maximum Gasteiger partial charge on any atom is 0.206 e. The maximum atomic E-state index is 12.9. The van der Waals surface area contributed by atoms with E-state index in [0.717, 1.165) is 39.7 Å². The van der Waals surface area contributed by atoms with Gasteiger partial charge in [-0.05, 0) is 49.4 Å². The Kier molecular flexibility index (Phi) is 3.55. The van der Waals surface area contributed by atoms with Crippen molar-refractivity contribution in [2.45, 2.75) is 22.8 Å². The molecule has 0 aliphatic carbocycles. The normalized spacial score (nSPS) is 14.8. The molecule has 23 heavy (non-hydrogen) atoms. The van der Waals surface area contributed by atoms with Crippen molar-refractivity contribution in [3.8, 4) is 0 Å². The predicted molar refractivity (Wildman–Crippen MR) is 91.2 cm³/mol. The van der Waals surface area contributed by atoms with E-state index in [1.54, 1.807) is 36.4 Å². The van der Waals surface area contributed by atoms with Crippen molar-refractivity contribution in [2.75, 3.05) is 6.54 Å². The molecule has 0 fully saturated rings. The summed E-state index contributed by atoms with van der Waals surface area (Å²) < 4.78 is 32.3. The molecule has 4 nitrogen and oxygen atoms in total. The molecule has 0 bridgehead atoms. The topological polar surface area (TPSA) is 59.3 Å². The molecule has 0 saturated heterocycles. The molecule has 3 aromatic rings. The highest BCUT2D eigenvalue weighted by Crippen LogP contribution is 2.32. The number of nitrogens with one attached hydrogen (secondary N) is 1. The zero-order chi connectivity index (χ0) is 16.0. The minimum atomic E-state index is -3.54. The van der Waals surface area contributed by atoms with Crippen molar-refractivity contribution < 1.29 is 12.8 Å². The van der Waals surface area contributed by atoms with Gasteiger partial charge in [-0.2, -0.15) is 0 Å². The van der Waals surface area contributed by atoms with Crippen LogP contribution in [0.1, 0.15) is 11.3 Å². The van der Waals surface area contributed by atoms with Gasteiger partial charge in [0.2, 0.25) is 9.84 Å². The van der Waals surface area contributed by atoms with Gasteiger partial charge >= 0.3 is 0 Å². The first kappa shape index (κ1) is 14.9. The van der Waals surface area contributed by atoms with Gasteiger partial charge < -0.3 is 9.73 Å². The first-order valence-corrected chi connectivity index (χ1v) is 9.59. The lowest BCUT2D eigenvalue weighted by molar-refractivity contribution is 0.488. The van der Waals surface area contributed by atoms with Gasteiger partial charge in [0.05, 0.1) is 16.3 Å². The van der Waals surface area contributed by atoms with E-state index in [1.165, 1.54) is 0 Å². The van der Waals surface area contributed by atoms with Crippen molar-refractivity contribution in [1.29, 1.82) is 0 Å². The van der Waals surface area contributed by atoms with E-state index >= 15 is 0 Å². The van der Waals surface area contributed by atoms with Crippen LogP contribution >= 0.6 is 15.9 Å². The van der Waals surface area contributed by atoms with E-state index in [2.05, 4.69) is 21.2 Å². The predicted octanol–water partition coefficient (Wildman–Crippen LogP) is 3.67. The Hall–Kier alpha value is -1.63. The van der Waals surface area contributed by atoms with E-state index in [0.29, 0.717) is 11.4 Å². The molecular formula is C17H14BrNO3S. The molecule has 1 aromatic heterocycles. The smallest absolute Gasteiger partial charge is 0.206 e. The molecule has 0 atom stereocenters. The number of rotatable bonds is 2. The fraction of sp³-hybridized carbons (Fsp3) is 0.176. The van der Waals surface area contributed by atoms with Crippen LogP contribution < -0.4 is 5.32 Å². The average Bonchev–Trinajstić information content (AvgIpc) is 2.92. The van der Waals surface area contributed by atoms with E-state index < -0.39 is 9.84 Å². The molecule has 6 heteroatoms. The van der Waals surface area contributed by atoms with Gasteiger partial charge in [-0.1, -0.05) is 22.0 Å². The third kappa shape index (κ3) is 2.51. The highest BCUT2D eigenvalue weighted by Gasteiger charge is 2.22. The zero-order valence-corrected chi connectivity index (χ0v) is 14.6. The van der Waals surface area contributed by atoms with Crippen LogP contribution in [0.4, 0.5) is 0 Å². The summed E-state index contributed by atoms with van der Waals surface area (Å²) in [7, 11) is -3.54. The van der Waals surface area contributed by atoms with Crippen molar-refractivity contribution in [1.82, 2.24) is 5.32 Å². The Morgan fingerprint density at radius 2 is 1.91 bits per heavy atom. The van der Waals surface area contributed by atoms with Crippen molar-refractivity contribution in [2.24, 2.45) is 0 Å². The summed E-state index contributed by atoms with van der Waals surface area (Å²) in [5.41, 5.74) is 1.86. The van der Waals surface area contributed by atoms with Gasteiger partial charge in [0.25, 0.3) is 0 Å². The van der Waals surface area contributed by atoms with Crippen LogP contribution in [-0.4, -0.2) is 15.0 Å². The third-order valence-corrected chi connectivity index (χ3v) is 6.34. The molecule has 1 aliphatic heterocycles. The second-order valence-electron chi connectivity index (χ2n) is 5.55. The number of benzene rings is 2. The molecule has 0 amide bonds. The standard InChI is InChI=1S/C17H14BrNO3S/c18-11-2-1-3-12(8-11)23(20,21)13-4-5-16-15(9-13)14-6-7-19-10-17(14)22-16/h1-5,8-9,19H,6-7,10H2. The first-order chi connectivity index (χ1) is 11.1. The van der Waals surface area contributed by atoms with Gasteiger partial charge in [0.1, 0.15) is 11.3 Å². The molecule has 0 saturated carbocycles. The molecule has 118 valence electrons. The summed E-state index contributed by atoms with van der Waals surface area (Å²) >= 11 is 3.32. The Morgan fingerprint density at radius 3 is 2.74 bits per heavy atom. The summed E-state index contributed by atoms with van der Waals surface area (Å²) in [6.45, 7) is 1.57. The fourth-order valence-corrected chi connectivity index (χ4v) is 4.83. The molecule has 2 aromatic carbocycles. The van der Waals surface area contributed by atoms with Crippen LogP contribution in [0.15, 0.2) is 61.1 Å². The second-order valence-corrected chi connectivity index (χ2v) is 8.41. The molecule has 0 unspecified atom stereocenters. The summed E-state index contributed by atoms with van der Waals surface area (Å²) in [4.78, 5) is 0.579. The number of hydrogen-bond donors (Lipinski definition) is 1. The molecule has 1 N–H and O–H groups in total. The van der Waals surface area contributed by atoms with Crippen LogP contribution in [0.2, 0.25) is 0 Å². The highest BCUT2D eigenvalue weighted by molar-refractivity contribution is 9.10. The quantitative estimate of drug-likeness (QED) is 0.723. The monoisotopic (exact) mass is 391 g/mol. The van der Waals surface area contributed by atoms with Crippen LogP contribution in [0, 0.1) is 0 Å². The molecule has 0 radical (unpaired) electrons. The zero-order valence-electron chi connectivity index (χ0n) is 12.2. The number of furan rings is 1. The lowest BCUT2D eigenvalue weighted by Gasteiger charge is -2.11. The van der Waals surface area contributed by atoms with E-state index in [4.69, 9.17) is 4.42 Å². The van der Waals surface area contributed by atoms with Gasteiger partial charge in [-0.15, -0.1) is 0 Å². The summed E-state index contributed by atoms with van der Waals surface area (Å²) in [6.07, 6.45) is 0.850. The van der Waals surface area contributed by atoms with Gasteiger partial charge in [0, 0.05) is 15.4 Å². The van der Waals surface area contributed by atoms with Gasteiger partial charge in [-0.3, -0.25) is 0 Å². The molecule has 2 heterocycles. The molecule has 1 aliphatic rings. The summed E-state index contributed by atoms with van der Waals surface area (Å²) in [5.74, 6) is 0.906. The maximum absolute atomic E-state index is 12.9. The molecule has 4 rings (SSSR count). The summed E-state index contributed by atoms with van der Waals surface area (Å²) in [5, 5.41) is 4.16. The number of fused-ring (bicyclic) bond motifs is 3. The Balaban J connectivity index is 1.88. The Labute approximate surface area is 142 Å². The minimum Gasteiger partial charge on any atom is -0.459 e. The van der Waals surface area contributed by atoms with Gasteiger partial charge in [-0.25, -0.2) is 8.42 Å². The molecule has 0 spiro atoms. The van der Waals surface area contributed by atoms with Crippen LogP contribution in [0.25, 0.3) is 11.0 Å². The SMILES string of the molecule is O=S(=O)(c1cccc(Br)c1)c1ccc2oc3c(c2c1)CCNC3. The largest absolute Gasteiger partial charge is 0.459 e. The van der Waals surface area contributed by atoms with E-state index in [9.17, 15) is 8.42 Å². The lowest BCUT2D eigenvalue weighted by atomic mass is 10.1. The number of halogens is 1. The van der Waals surface area contributed by atoms with Crippen molar-refractivity contribution >= 4 is 36.7 Å². The van der Waals surface area contributed by atoms with Gasteiger partial charge in [0.15, 0.2) is 0 Å². The average molecular weight is 392 g/mol. The number of hydrogen-bond acceptors (Lipinski definition) is 4. The van der Waals surface area contributed by atoms with Crippen LogP contribution in [-0.2, 0) is 22.8 Å². The number of sulfone groups is 1. The van der Waals surface area contributed by atoms with E-state index in [1.807, 2.05) is 6.07 Å². The second kappa shape index (κ2) is 5.47. The first-order valence-electron chi connectivity index (χ1n) is 7.31. The van der Waals surface area contributed by atoms with Crippen LogP contribution in [0.3, 0.4) is 0 Å². The van der Waals surface area contributed by atoms with E-state index in [-0.39, 0.29) is 4.90 Å². The summed E-state index contributed by atoms with van der Waals surface area (Å²) in [6, 6.07) is 11.9. The van der Waals surface area contributed by atoms with Crippen molar-refractivity contribution in [3.63, 3.8) is 0 Å². The minimum absolute atomic E-state index is 0.283.